The Bertz CT molecular complexity index is 140. The van der Waals surface area contributed by atoms with E-state index in [9.17, 15) is 4.79 Å². The molecule has 1 fully saturated rings. The van der Waals surface area contributed by atoms with Crippen molar-refractivity contribution in [1.82, 2.24) is 0 Å². The van der Waals surface area contributed by atoms with Crippen LogP contribution in [0.1, 0.15) is 47.5 Å². The molecule has 1 aliphatic carbocycles. The van der Waals surface area contributed by atoms with E-state index in [1.165, 1.54) is 6.42 Å². The SMILES string of the molecule is CC.CC(=O)C1CCC(C)C1C. The van der Waals surface area contributed by atoms with Crippen molar-refractivity contribution in [1.29, 1.82) is 0 Å². The molecule has 0 aromatic carbocycles. The normalized spacial score (nSPS) is 33.9. The van der Waals surface area contributed by atoms with Crippen LogP contribution >= 0.6 is 0 Å². The highest BCUT2D eigenvalue weighted by atomic mass is 16.1. The number of hydrogen-bond acceptors (Lipinski definition) is 1. The van der Waals surface area contributed by atoms with Crippen molar-refractivity contribution in [2.75, 3.05) is 0 Å². The third kappa shape index (κ3) is 2.62. The predicted octanol–water partition coefficient (Wildman–Crippen LogP) is 3.28. The molecule has 0 aliphatic heterocycles. The van der Waals surface area contributed by atoms with Crippen LogP contribution < -0.4 is 0 Å². The van der Waals surface area contributed by atoms with E-state index in [1.54, 1.807) is 6.92 Å². The zero-order chi connectivity index (χ0) is 9.72. The molecule has 0 spiro atoms. The summed E-state index contributed by atoms with van der Waals surface area (Å²) < 4.78 is 0. The Morgan fingerprint density at radius 1 is 1.17 bits per heavy atom. The van der Waals surface area contributed by atoms with Gasteiger partial charge in [0, 0.05) is 5.92 Å². The third-order valence-electron chi connectivity index (χ3n) is 2.99. The first kappa shape index (κ1) is 11.7. The lowest BCUT2D eigenvalue weighted by Gasteiger charge is -2.14. The summed E-state index contributed by atoms with van der Waals surface area (Å²) in [7, 11) is 0. The lowest BCUT2D eigenvalue weighted by atomic mass is 9.90. The molecule has 1 rings (SSSR count). The molecule has 1 heteroatoms. The van der Waals surface area contributed by atoms with E-state index >= 15 is 0 Å². The van der Waals surface area contributed by atoms with Crippen molar-refractivity contribution in [3.63, 3.8) is 0 Å². The highest BCUT2D eigenvalue weighted by molar-refractivity contribution is 5.78. The summed E-state index contributed by atoms with van der Waals surface area (Å²) in [6.07, 6.45) is 2.36. The van der Waals surface area contributed by atoms with Crippen LogP contribution in [-0.4, -0.2) is 5.78 Å². The maximum Gasteiger partial charge on any atom is 0.133 e. The van der Waals surface area contributed by atoms with Gasteiger partial charge in [0.25, 0.3) is 0 Å². The number of carbonyl (C=O) groups is 1. The number of Topliss-reactive ketones (excluding diaryl/α,β-unsaturated/α-hetero) is 1. The van der Waals surface area contributed by atoms with Gasteiger partial charge in [-0.3, -0.25) is 4.79 Å². The summed E-state index contributed by atoms with van der Waals surface area (Å²) >= 11 is 0. The molecule has 0 aromatic heterocycles. The van der Waals surface area contributed by atoms with E-state index in [1.807, 2.05) is 13.8 Å². The fourth-order valence-electron chi connectivity index (χ4n) is 1.94. The quantitative estimate of drug-likeness (QED) is 0.590. The zero-order valence-corrected chi connectivity index (χ0v) is 9.05. The fourth-order valence-corrected chi connectivity index (χ4v) is 1.94. The van der Waals surface area contributed by atoms with E-state index in [4.69, 9.17) is 0 Å². The Morgan fingerprint density at radius 2 is 1.67 bits per heavy atom. The Labute approximate surface area is 76.6 Å². The first-order valence-corrected chi connectivity index (χ1v) is 5.13. The molecule has 0 N–H and O–H groups in total. The summed E-state index contributed by atoms with van der Waals surface area (Å²) in [5, 5.41) is 0. The number of rotatable bonds is 1. The van der Waals surface area contributed by atoms with Gasteiger partial charge >= 0.3 is 0 Å². The van der Waals surface area contributed by atoms with Crippen molar-refractivity contribution in [2.45, 2.75) is 47.5 Å². The minimum Gasteiger partial charge on any atom is -0.300 e. The molecule has 0 saturated heterocycles. The summed E-state index contributed by atoms with van der Waals surface area (Å²) in [6, 6.07) is 0. The monoisotopic (exact) mass is 170 g/mol. The van der Waals surface area contributed by atoms with E-state index < -0.39 is 0 Å². The van der Waals surface area contributed by atoms with Gasteiger partial charge in [0.2, 0.25) is 0 Å². The Morgan fingerprint density at radius 3 is 1.83 bits per heavy atom. The summed E-state index contributed by atoms with van der Waals surface area (Å²) in [6.45, 7) is 10.2. The van der Waals surface area contributed by atoms with Crippen LogP contribution in [0.2, 0.25) is 0 Å². The van der Waals surface area contributed by atoms with E-state index in [2.05, 4.69) is 13.8 Å². The van der Waals surface area contributed by atoms with Crippen LogP contribution in [0.15, 0.2) is 0 Å². The van der Waals surface area contributed by atoms with Crippen LogP contribution in [-0.2, 0) is 4.79 Å². The average Bonchev–Trinajstić information content (AvgIpc) is 2.37. The van der Waals surface area contributed by atoms with Crippen molar-refractivity contribution < 1.29 is 4.79 Å². The Kier molecular flexibility index (Phi) is 5.19. The second-order valence-corrected chi connectivity index (χ2v) is 3.63. The number of ketones is 1. The maximum absolute atomic E-state index is 11.0. The minimum atomic E-state index is 0.370. The first-order chi connectivity index (χ1) is 5.63. The summed E-state index contributed by atoms with van der Waals surface area (Å²) in [5.74, 6) is 2.14. The third-order valence-corrected chi connectivity index (χ3v) is 2.99. The maximum atomic E-state index is 11.0. The lowest BCUT2D eigenvalue weighted by Crippen LogP contribution is -2.15. The average molecular weight is 170 g/mol. The van der Waals surface area contributed by atoms with Gasteiger partial charge in [0.05, 0.1) is 0 Å². The highest BCUT2D eigenvalue weighted by Gasteiger charge is 2.32. The fraction of sp³-hybridized carbons (Fsp3) is 0.909. The van der Waals surface area contributed by atoms with Gasteiger partial charge in [-0.15, -0.1) is 0 Å². The molecule has 12 heavy (non-hydrogen) atoms. The molecule has 1 nitrogen and oxygen atoms in total. The molecule has 0 bridgehead atoms. The molecule has 1 aliphatic rings. The van der Waals surface area contributed by atoms with E-state index in [0.717, 1.165) is 12.3 Å². The minimum absolute atomic E-state index is 0.370. The van der Waals surface area contributed by atoms with E-state index in [0.29, 0.717) is 17.6 Å². The van der Waals surface area contributed by atoms with Gasteiger partial charge in [0.15, 0.2) is 0 Å². The van der Waals surface area contributed by atoms with Gasteiger partial charge in [-0.1, -0.05) is 27.7 Å². The van der Waals surface area contributed by atoms with Crippen LogP contribution in [0.3, 0.4) is 0 Å². The standard InChI is InChI=1S/C9H16O.C2H6/c1-6-4-5-9(7(6)2)8(3)10;1-2/h6-7,9H,4-5H2,1-3H3;1-2H3. The Balaban J connectivity index is 0.000000561. The topological polar surface area (TPSA) is 17.1 Å². The van der Waals surface area contributed by atoms with Crippen LogP contribution in [0.25, 0.3) is 0 Å². The second kappa shape index (κ2) is 5.34. The second-order valence-electron chi connectivity index (χ2n) is 3.63. The molecule has 0 heterocycles. The molecule has 0 radical (unpaired) electrons. The molecule has 72 valence electrons. The van der Waals surface area contributed by atoms with Crippen molar-refractivity contribution in [3.8, 4) is 0 Å². The molecular formula is C11H22O. The predicted molar refractivity (Wildman–Crippen MR) is 53.1 cm³/mol. The molecule has 0 amide bonds. The van der Waals surface area contributed by atoms with Crippen molar-refractivity contribution >= 4 is 5.78 Å². The van der Waals surface area contributed by atoms with Gasteiger partial charge in [-0.2, -0.15) is 0 Å². The largest absolute Gasteiger partial charge is 0.300 e. The van der Waals surface area contributed by atoms with Crippen LogP contribution in [0.4, 0.5) is 0 Å². The molecule has 3 atom stereocenters. The van der Waals surface area contributed by atoms with Crippen LogP contribution in [0, 0.1) is 17.8 Å². The van der Waals surface area contributed by atoms with Gasteiger partial charge in [0.1, 0.15) is 5.78 Å². The van der Waals surface area contributed by atoms with Crippen LogP contribution in [0.5, 0.6) is 0 Å². The van der Waals surface area contributed by atoms with Crippen molar-refractivity contribution in [3.05, 3.63) is 0 Å². The van der Waals surface area contributed by atoms with Gasteiger partial charge in [-0.05, 0) is 31.6 Å². The molecule has 3 unspecified atom stereocenters. The summed E-state index contributed by atoms with van der Waals surface area (Å²) in [4.78, 5) is 11.0. The molecule has 1 saturated carbocycles. The van der Waals surface area contributed by atoms with E-state index in [-0.39, 0.29) is 0 Å². The lowest BCUT2D eigenvalue weighted by molar-refractivity contribution is -0.121. The number of carbonyl (C=O) groups excluding carboxylic acids is 1. The molecular weight excluding hydrogens is 148 g/mol. The van der Waals surface area contributed by atoms with Crippen molar-refractivity contribution in [2.24, 2.45) is 17.8 Å². The molecule has 0 aromatic rings. The van der Waals surface area contributed by atoms with Gasteiger partial charge in [-0.25, -0.2) is 0 Å². The first-order valence-electron chi connectivity index (χ1n) is 5.13. The zero-order valence-electron chi connectivity index (χ0n) is 9.05. The smallest absolute Gasteiger partial charge is 0.133 e. The summed E-state index contributed by atoms with van der Waals surface area (Å²) in [5.41, 5.74) is 0. The Hall–Kier alpha value is -0.330. The number of hydrogen-bond donors (Lipinski definition) is 0. The van der Waals surface area contributed by atoms with Gasteiger partial charge < -0.3 is 0 Å². The highest BCUT2D eigenvalue weighted by Crippen LogP contribution is 2.36.